The van der Waals surface area contributed by atoms with Crippen molar-refractivity contribution in [3.63, 3.8) is 0 Å². The van der Waals surface area contributed by atoms with Crippen molar-refractivity contribution in [2.75, 3.05) is 41.0 Å². The molecule has 0 aromatic carbocycles. The van der Waals surface area contributed by atoms with E-state index in [4.69, 9.17) is 14.2 Å². The first-order chi connectivity index (χ1) is 24.6. The number of unbranched alkanes of at least 4 members (excludes halogenated alkanes) is 13. The highest BCUT2D eigenvalue weighted by Crippen LogP contribution is 2.12. The minimum absolute atomic E-state index is 0.0193. The molecule has 0 rings (SSSR count). The van der Waals surface area contributed by atoms with Gasteiger partial charge < -0.3 is 28.6 Å². The largest absolute Gasteiger partial charge is 0.544 e. The van der Waals surface area contributed by atoms with E-state index in [1.165, 1.54) is 57.8 Å². The maximum Gasteiger partial charge on any atom is 0.306 e. The molecule has 0 spiro atoms. The van der Waals surface area contributed by atoms with Crippen molar-refractivity contribution in [1.82, 2.24) is 0 Å². The van der Waals surface area contributed by atoms with Crippen LogP contribution in [-0.2, 0) is 28.6 Å². The fourth-order valence-electron chi connectivity index (χ4n) is 5.48. The van der Waals surface area contributed by atoms with Gasteiger partial charge in [0, 0.05) is 19.3 Å². The van der Waals surface area contributed by atoms with E-state index in [9.17, 15) is 19.5 Å². The van der Waals surface area contributed by atoms with Crippen LogP contribution in [0.5, 0.6) is 0 Å². The van der Waals surface area contributed by atoms with E-state index in [1.54, 1.807) is 21.1 Å². The fraction of sp³-hybridized carbons (Fsp3) is 0.744. The van der Waals surface area contributed by atoms with Gasteiger partial charge in [-0.25, -0.2) is 0 Å². The van der Waals surface area contributed by atoms with Crippen LogP contribution in [0.15, 0.2) is 48.6 Å². The van der Waals surface area contributed by atoms with Gasteiger partial charge in [0.15, 0.2) is 6.10 Å². The maximum absolute atomic E-state index is 12.6. The minimum atomic E-state index is -1.14. The molecule has 0 saturated heterocycles. The van der Waals surface area contributed by atoms with Gasteiger partial charge in [0.25, 0.3) is 0 Å². The molecule has 0 heterocycles. The number of ether oxygens (including phenoxy) is 3. The lowest BCUT2D eigenvalue weighted by Gasteiger charge is -2.34. The smallest absolute Gasteiger partial charge is 0.306 e. The van der Waals surface area contributed by atoms with Gasteiger partial charge in [-0.3, -0.25) is 9.59 Å². The zero-order valence-corrected chi connectivity index (χ0v) is 33.3. The molecule has 0 aromatic rings. The summed E-state index contributed by atoms with van der Waals surface area (Å²) >= 11 is 0. The summed E-state index contributed by atoms with van der Waals surface area (Å²) < 4.78 is 17.0. The molecule has 0 bridgehead atoms. The van der Waals surface area contributed by atoms with Gasteiger partial charge >= 0.3 is 11.9 Å². The highest BCUT2D eigenvalue weighted by atomic mass is 16.6. The Morgan fingerprint density at radius 3 is 1.67 bits per heavy atom. The lowest BCUT2D eigenvalue weighted by molar-refractivity contribution is -0.889. The Bertz CT molecular complexity index is 979. The van der Waals surface area contributed by atoms with Crippen molar-refractivity contribution in [3.05, 3.63) is 48.6 Å². The van der Waals surface area contributed by atoms with Crippen LogP contribution in [0.3, 0.4) is 0 Å². The van der Waals surface area contributed by atoms with Crippen molar-refractivity contribution < 1.29 is 38.2 Å². The van der Waals surface area contributed by atoms with Gasteiger partial charge in [-0.1, -0.05) is 120 Å². The summed E-state index contributed by atoms with van der Waals surface area (Å²) in [5.41, 5.74) is 0. The Balaban J connectivity index is 4.46. The summed E-state index contributed by atoms with van der Waals surface area (Å²) in [5, 5.41) is 11.6. The number of nitrogens with zero attached hydrogens (tertiary/aromatic N) is 1. The summed E-state index contributed by atoms with van der Waals surface area (Å²) in [5.74, 6) is -1.83. The number of carboxylic acid groups (broad SMARTS) is 1. The molecular formula is C43H75NO7. The lowest BCUT2D eigenvalue weighted by Crippen LogP contribution is -2.55. The highest BCUT2D eigenvalue weighted by molar-refractivity contribution is 5.70. The molecule has 0 aromatic heterocycles. The number of quaternary nitrogens is 1. The Hall–Kier alpha value is -2.71. The third kappa shape index (κ3) is 32.9. The molecular weight excluding hydrogens is 642 g/mol. The second-order valence-electron chi connectivity index (χ2n) is 14.5. The van der Waals surface area contributed by atoms with Crippen LogP contribution in [0.4, 0.5) is 0 Å². The summed E-state index contributed by atoms with van der Waals surface area (Å²) in [6, 6.07) is -0.734. The number of likely N-dealkylation sites (N-methyl/N-ethyl adjacent to an activating group) is 1. The van der Waals surface area contributed by atoms with Gasteiger partial charge in [-0.2, -0.15) is 0 Å². The molecule has 0 aliphatic heterocycles. The lowest BCUT2D eigenvalue weighted by atomic mass is 10.1. The number of esters is 2. The van der Waals surface area contributed by atoms with Crippen molar-refractivity contribution in [3.8, 4) is 0 Å². The van der Waals surface area contributed by atoms with E-state index < -0.39 is 18.1 Å². The Morgan fingerprint density at radius 1 is 0.588 bits per heavy atom. The van der Waals surface area contributed by atoms with Crippen molar-refractivity contribution >= 4 is 17.9 Å². The zero-order chi connectivity index (χ0) is 37.8. The standard InChI is InChI=1S/C43H75NO7/c1-6-8-10-12-14-16-18-19-20-21-22-23-24-26-27-29-31-33-41(45)50-38-39(37-49-36-35-40(43(47)48)44(3,4)5)51-42(46)34-32-30-28-25-17-15-13-11-9-7-2/h13,15,19-20,22-23,26-27,39-40H,6-12,14,16-18,21,24-25,28-38H2,1-5H3/b15-13+,20-19+,23-22+,27-26+. The van der Waals surface area contributed by atoms with Crippen LogP contribution in [0.2, 0.25) is 0 Å². The van der Waals surface area contributed by atoms with Gasteiger partial charge in [-0.05, 0) is 64.2 Å². The molecule has 0 amide bonds. The van der Waals surface area contributed by atoms with Gasteiger partial charge in [0.05, 0.1) is 40.3 Å². The monoisotopic (exact) mass is 718 g/mol. The first-order valence-electron chi connectivity index (χ1n) is 20.2. The SMILES string of the molecule is CCCC/C=C/CCCCCCC(=O)OC(COCCC(C(=O)[O-])[N+](C)(C)C)COC(=O)CCC/C=C/C/C=C/C/C=C/CCCCCCCC. The average Bonchev–Trinajstić information content (AvgIpc) is 3.08. The summed E-state index contributed by atoms with van der Waals surface area (Å²) in [6.07, 6.45) is 38.6. The molecule has 0 N–H and O–H groups in total. The number of carbonyl (C=O) groups excluding carboxylic acids is 3. The summed E-state index contributed by atoms with van der Waals surface area (Å²) in [4.78, 5) is 36.6. The van der Waals surface area contributed by atoms with Crippen LogP contribution in [0.25, 0.3) is 0 Å². The molecule has 0 saturated carbocycles. The number of carbonyl (C=O) groups is 3. The van der Waals surface area contributed by atoms with Gasteiger partial charge in [0.2, 0.25) is 0 Å². The van der Waals surface area contributed by atoms with Crippen molar-refractivity contribution in [1.29, 1.82) is 0 Å². The number of allylic oxidation sites excluding steroid dienone is 8. The summed E-state index contributed by atoms with van der Waals surface area (Å²) in [6.45, 7) is 4.52. The molecule has 8 heteroatoms. The number of carboxylic acids is 1. The van der Waals surface area contributed by atoms with E-state index in [1.807, 2.05) is 0 Å². The quantitative estimate of drug-likeness (QED) is 0.0279. The second kappa shape index (κ2) is 34.4. The van der Waals surface area contributed by atoms with Gasteiger partial charge in [0.1, 0.15) is 12.6 Å². The molecule has 2 atom stereocenters. The minimum Gasteiger partial charge on any atom is -0.544 e. The van der Waals surface area contributed by atoms with Crippen LogP contribution < -0.4 is 5.11 Å². The molecule has 51 heavy (non-hydrogen) atoms. The third-order valence-corrected chi connectivity index (χ3v) is 8.69. The molecule has 8 nitrogen and oxygen atoms in total. The Morgan fingerprint density at radius 2 is 1.08 bits per heavy atom. The van der Waals surface area contributed by atoms with Crippen LogP contribution in [0, 0.1) is 0 Å². The third-order valence-electron chi connectivity index (χ3n) is 8.69. The van der Waals surface area contributed by atoms with Crippen LogP contribution in [-0.4, -0.2) is 75.5 Å². The van der Waals surface area contributed by atoms with Crippen molar-refractivity contribution in [2.24, 2.45) is 0 Å². The Labute approximate surface area is 312 Å². The van der Waals surface area contributed by atoms with Gasteiger partial charge in [-0.15, -0.1) is 0 Å². The van der Waals surface area contributed by atoms with E-state index in [-0.39, 0.29) is 49.1 Å². The highest BCUT2D eigenvalue weighted by Gasteiger charge is 2.25. The molecule has 0 aliphatic rings. The molecule has 0 radical (unpaired) electrons. The molecule has 294 valence electrons. The van der Waals surface area contributed by atoms with Crippen LogP contribution >= 0.6 is 0 Å². The number of rotatable bonds is 35. The second-order valence-corrected chi connectivity index (χ2v) is 14.5. The molecule has 0 fully saturated rings. The topological polar surface area (TPSA) is 102 Å². The fourth-order valence-corrected chi connectivity index (χ4v) is 5.48. The summed E-state index contributed by atoms with van der Waals surface area (Å²) in [7, 11) is 5.37. The number of aliphatic carboxylic acids is 1. The predicted octanol–water partition coefficient (Wildman–Crippen LogP) is 9.13. The van der Waals surface area contributed by atoms with E-state index in [2.05, 4.69) is 62.5 Å². The first kappa shape index (κ1) is 48.3. The number of hydrogen-bond acceptors (Lipinski definition) is 7. The van der Waals surface area contributed by atoms with E-state index in [0.29, 0.717) is 12.8 Å². The maximum atomic E-state index is 12.6. The Kier molecular flexibility index (Phi) is 32.6. The predicted molar refractivity (Wildman–Crippen MR) is 208 cm³/mol. The first-order valence-corrected chi connectivity index (χ1v) is 20.2. The van der Waals surface area contributed by atoms with E-state index in [0.717, 1.165) is 57.8 Å². The zero-order valence-electron chi connectivity index (χ0n) is 33.3. The average molecular weight is 718 g/mol. The van der Waals surface area contributed by atoms with Crippen molar-refractivity contribution in [2.45, 2.75) is 167 Å². The molecule has 2 unspecified atom stereocenters. The molecule has 0 aliphatic carbocycles. The van der Waals surface area contributed by atoms with E-state index >= 15 is 0 Å². The van der Waals surface area contributed by atoms with Crippen LogP contribution in [0.1, 0.15) is 155 Å². The normalized spacial score (nSPS) is 13.5. The number of hydrogen-bond donors (Lipinski definition) is 0.